The van der Waals surface area contributed by atoms with E-state index in [1.54, 1.807) is 13.2 Å². The number of nitrogens with zero attached hydrogens (tertiary/aromatic N) is 3. The lowest BCUT2D eigenvalue weighted by molar-refractivity contribution is 0.415. The summed E-state index contributed by atoms with van der Waals surface area (Å²) in [4.78, 5) is 0. The van der Waals surface area contributed by atoms with Crippen molar-refractivity contribution in [1.82, 2.24) is 14.8 Å². The van der Waals surface area contributed by atoms with E-state index >= 15 is 0 Å². The lowest BCUT2D eigenvalue weighted by Crippen LogP contribution is -2.06. The fourth-order valence-corrected chi connectivity index (χ4v) is 4.07. The predicted octanol–water partition coefficient (Wildman–Crippen LogP) is 2.28. The van der Waals surface area contributed by atoms with Crippen molar-refractivity contribution in [1.29, 1.82) is 0 Å². The largest absolute Gasteiger partial charge is 0.497 e. The van der Waals surface area contributed by atoms with E-state index in [1.807, 2.05) is 28.8 Å². The van der Waals surface area contributed by atoms with Crippen LogP contribution in [0.4, 0.5) is 0 Å². The van der Waals surface area contributed by atoms with Crippen LogP contribution in [0.25, 0.3) is 11.4 Å². The lowest BCUT2D eigenvalue weighted by atomic mass is 10.2. The maximum Gasteiger partial charge on any atom is 0.191 e. The first-order valence-electron chi connectivity index (χ1n) is 6.93. The summed E-state index contributed by atoms with van der Waals surface area (Å²) in [6, 6.07) is 7.54. The molecule has 2 rings (SSSR count). The van der Waals surface area contributed by atoms with Gasteiger partial charge in [-0.15, -0.1) is 16.8 Å². The number of hydrogen-bond acceptors (Lipinski definition) is 6. The van der Waals surface area contributed by atoms with Gasteiger partial charge in [-0.05, 0) is 24.3 Å². The molecule has 0 saturated heterocycles. The molecule has 0 aliphatic heterocycles. The summed E-state index contributed by atoms with van der Waals surface area (Å²) in [5.74, 6) is 2.04. The van der Waals surface area contributed by atoms with Crippen LogP contribution >= 0.6 is 11.8 Å². The van der Waals surface area contributed by atoms with Crippen LogP contribution < -0.4 is 4.74 Å². The van der Waals surface area contributed by atoms with Crippen LogP contribution in [0.1, 0.15) is 0 Å². The molecule has 0 unspecified atom stereocenters. The molecule has 1 aromatic heterocycles. The summed E-state index contributed by atoms with van der Waals surface area (Å²) in [7, 11) is -1.37. The van der Waals surface area contributed by atoms with E-state index in [1.165, 1.54) is 18.0 Å². The Morgan fingerprint density at radius 2 is 2.00 bits per heavy atom. The minimum atomic E-state index is -2.98. The summed E-state index contributed by atoms with van der Waals surface area (Å²) >= 11 is 1.37. The van der Waals surface area contributed by atoms with Crippen molar-refractivity contribution in [2.45, 2.75) is 11.7 Å². The highest BCUT2D eigenvalue weighted by Crippen LogP contribution is 2.25. The van der Waals surface area contributed by atoms with Crippen molar-refractivity contribution in [2.24, 2.45) is 0 Å². The summed E-state index contributed by atoms with van der Waals surface area (Å²) in [5, 5.41) is 9.09. The number of aromatic nitrogens is 3. The van der Waals surface area contributed by atoms with Crippen LogP contribution in [-0.2, 0) is 16.4 Å². The molecule has 8 heteroatoms. The standard InChI is InChI=1S/C15H19N3O3S2/c1-4-9-18-14(12-5-7-13(21-2)8-6-12)16-17-15(18)22-10-11-23(3,19)20/h4-8H,1,9-11H2,2-3H3. The predicted molar refractivity (Wildman–Crippen MR) is 92.6 cm³/mol. The van der Waals surface area contributed by atoms with Crippen molar-refractivity contribution in [3.63, 3.8) is 0 Å². The molecule has 6 nitrogen and oxygen atoms in total. The van der Waals surface area contributed by atoms with Crippen molar-refractivity contribution < 1.29 is 13.2 Å². The van der Waals surface area contributed by atoms with Gasteiger partial charge in [-0.3, -0.25) is 4.57 Å². The van der Waals surface area contributed by atoms with E-state index in [0.29, 0.717) is 17.5 Å². The van der Waals surface area contributed by atoms with Gasteiger partial charge >= 0.3 is 0 Å². The third-order valence-corrected chi connectivity index (χ3v) is 5.23. The second-order valence-electron chi connectivity index (χ2n) is 4.91. The number of sulfone groups is 1. The van der Waals surface area contributed by atoms with Gasteiger partial charge in [0.05, 0.1) is 12.9 Å². The van der Waals surface area contributed by atoms with Crippen molar-refractivity contribution in [3.05, 3.63) is 36.9 Å². The number of rotatable bonds is 8. The van der Waals surface area contributed by atoms with Crippen molar-refractivity contribution in [3.8, 4) is 17.1 Å². The normalized spacial score (nSPS) is 11.4. The third-order valence-electron chi connectivity index (χ3n) is 3.06. The van der Waals surface area contributed by atoms with Gasteiger partial charge in [-0.25, -0.2) is 8.42 Å². The number of methoxy groups -OCH3 is 1. The molecule has 0 spiro atoms. The molecular weight excluding hydrogens is 334 g/mol. The zero-order chi connectivity index (χ0) is 16.9. The maximum atomic E-state index is 11.2. The first kappa shape index (κ1) is 17.6. The Kier molecular flexibility index (Phi) is 5.84. The molecule has 0 amide bonds. The van der Waals surface area contributed by atoms with Crippen LogP contribution in [0, 0.1) is 0 Å². The van der Waals surface area contributed by atoms with E-state index in [-0.39, 0.29) is 5.75 Å². The maximum absolute atomic E-state index is 11.2. The Bertz CT molecular complexity index is 768. The Hall–Kier alpha value is -1.80. The zero-order valence-electron chi connectivity index (χ0n) is 13.1. The highest BCUT2D eigenvalue weighted by molar-refractivity contribution is 8.00. The van der Waals surface area contributed by atoms with Crippen LogP contribution in [0.15, 0.2) is 42.1 Å². The van der Waals surface area contributed by atoms with Gasteiger partial charge in [0, 0.05) is 24.1 Å². The molecule has 124 valence electrons. The fraction of sp³-hybridized carbons (Fsp3) is 0.333. The van der Waals surface area contributed by atoms with Gasteiger partial charge in [0.2, 0.25) is 0 Å². The molecule has 0 bridgehead atoms. The summed E-state index contributed by atoms with van der Waals surface area (Å²) in [5.41, 5.74) is 0.912. The molecule has 1 aromatic carbocycles. The van der Waals surface area contributed by atoms with E-state index in [0.717, 1.165) is 17.1 Å². The van der Waals surface area contributed by atoms with E-state index in [2.05, 4.69) is 16.8 Å². The average molecular weight is 353 g/mol. The molecule has 0 atom stereocenters. The van der Waals surface area contributed by atoms with Gasteiger partial charge in [0.15, 0.2) is 11.0 Å². The topological polar surface area (TPSA) is 74.1 Å². The molecule has 0 radical (unpaired) electrons. The van der Waals surface area contributed by atoms with Gasteiger partial charge in [-0.2, -0.15) is 0 Å². The Morgan fingerprint density at radius 3 is 2.57 bits per heavy atom. The van der Waals surface area contributed by atoms with Crippen LogP contribution in [-0.4, -0.2) is 48.1 Å². The summed E-state index contributed by atoms with van der Waals surface area (Å²) in [6.07, 6.45) is 2.99. The third kappa shape index (κ3) is 4.84. The first-order chi connectivity index (χ1) is 10.9. The molecule has 0 fully saturated rings. The number of ether oxygens (including phenoxy) is 1. The Morgan fingerprint density at radius 1 is 1.30 bits per heavy atom. The smallest absolute Gasteiger partial charge is 0.191 e. The highest BCUT2D eigenvalue weighted by atomic mass is 32.2. The number of benzene rings is 1. The molecule has 0 saturated carbocycles. The summed E-state index contributed by atoms with van der Waals surface area (Å²) in [6.45, 7) is 4.31. The fourth-order valence-electron chi connectivity index (χ4n) is 1.93. The SMILES string of the molecule is C=CCn1c(SCCS(C)(=O)=O)nnc1-c1ccc(OC)cc1. The second-order valence-corrected chi connectivity index (χ2v) is 8.23. The van der Waals surface area contributed by atoms with Gasteiger partial charge in [-0.1, -0.05) is 17.8 Å². The van der Waals surface area contributed by atoms with Crippen LogP contribution in [0.3, 0.4) is 0 Å². The minimum absolute atomic E-state index is 0.108. The molecule has 1 heterocycles. The van der Waals surface area contributed by atoms with Crippen LogP contribution in [0.2, 0.25) is 0 Å². The molecule has 0 aliphatic carbocycles. The van der Waals surface area contributed by atoms with Gasteiger partial charge in [0.1, 0.15) is 15.6 Å². The zero-order valence-corrected chi connectivity index (χ0v) is 14.7. The van der Waals surface area contributed by atoms with E-state index < -0.39 is 9.84 Å². The molecule has 23 heavy (non-hydrogen) atoms. The first-order valence-corrected chi connectivity index (χ1v) is 9.98. The quantitative estimate of drug-likeness (QED) is 0.535. The molecule has 0 N–H and O–H groups in total. The van der Waals surface area contributed by atoms with Crippen LogP contribution in [0.5, 0.6) is 5.75 Å². The van der Waals surface area contributed by atoms with Crippen molar-refractivity contribution >= 4 is 21.6 Å². The van der Waals surface area contributed by atoms with Gasteiger partial charge in [0.25, 0.3) is 0 Å². The number of allylic oxidation sites excluding steroid dienone is 1. The van der Waals surface area contributed by atoms with E-state index in [4.69, 9.17) is 4.74 Å². The molecule has 2 aromatic rings. The summed E-state index contributed by atoms with van der Waals surface area (Å²) < 4.78 is 29.5. The Balaban J connectivity index is 2.24. The Labute approximate surface area is 140 Å². The minimum Gasteiger partial charge on any atom is -0.497 e. The number of hydrogen-bond donors (Lipinski definition) is 0. The van der Waals surface area contributed by atoms with Crippen molar-refractivity contribution in [2.75, 3.05) is 24.9 Å². The monoisotopic (exact) mass is 353 g/mol. The van der Waals surface area contributed by atoms with Gasteiger partial charge < -0.3 is 4.74 Å². The lowest BCUT2D eigenvalue weighted by Gasteiger charge is -2.08. The molecule has 0 aliphatic rings. The number of thioether (sulfide) groups is 1. The second kappa shape index (κ2) is 7.65. The highest BCUT2D eigenvalue weighted by Gasteiger charge is 2.14. The average Bonchev–Trinajstić information content (AvgIpc) is 2.90. The van der Waals surface area contributed by atoms with E-state index in [9.17, 15) is 8.42 Å². The molecular formula is C15H19N3O3S2.